The van der Waals surface area contributed by atoms with E-state index in [-0.39, 0.29) is 12.5 Å². The van der Waals surface area contributed by atoms with Crippen LogP contribution < -0.4 is 4.74 Å². The molecule has 1 N–H and O–H groups in total. The molecule has 0 spiro atoms. The zero-order valence-electron chi connectivity index (χ0n) is 13.0. The third kappa shape index (κ3) is 3.80. The Kier molecular flexibility index (Phi) is 4.98. The first-order chi connectivity index (χ1) is 10.8. The summed E-state index contributed by atoms with van der Waals surface area (Å²) in [5.74, 6) is 3.11. The molecule has 1 aromatic carbocycles. The summed E-state index contributed by atoms with van der Waals surface area (Å²) in [4.78, 5) is 14.1. The van der Waals surface area contributed by atoms with Crippen LogP contribution in [0.5, 0.6) is 5.75 Å². The molecule has 0 bridgehead atoms. The predicted octanol–water partition coefficient (Wildman–Crippen LogP) is 2.32. The monoisotopic (exact) mass is 303 g/mol. The smallest absolute Gasteiger partial charge is 0.260 e. The molecule has 4 nitrogen and oxygen atoms in total. The molecule has 2 atom stereocenters. The van der Waals surface area contributed by atoms with Gasteiger partial charge < -0.3 is 14.7 Å². The quantitative estimate of drug-likeness (QED) is 0.877. The third-order valence-corrected chi connectivity index (χ3v) is 5.08. The first-order valence-corrected chi connectivity index (χ1v) is 8.34. The molecular weight excluding hydrogens is 278 g/mol. The topological polar surface area (TPSA) is 49.8 Å². The Bertz CT molecular complexity index is 482. The molecular formula is C18H25NO3. The Morgan fingerprint density at radius 3 is 2.64 bits per heavy atom. The summed E-state index contributed by atoms with van der Waals surface area (Å²) in [6, 6.07) is 9.48. The van der Waals surface area contributed by atoms with Crippen LogP contribution in [-0.2, 0) is 4.79 Å². The first kappa shape index (κ1) is 15.3. The lowest BCUT2D eigenvalue weighted by atomic mass is 9.90. The standard InChI is InChI=1S/C18H25NO3/c20-11-8-15-12-17(15)14-6-9-19(10-7-14)18(21)13-22-16-4-2-1-3-5-16/h1-5,14-15,17,20H,6-13H2/t15-,17-/m0/s1. The highest BCUT2D eigenvalue weighted by Crippen LogP contribution is 2.49. The first-order valence-electron chi connectivity index (χ1n) is 8.34. The number of aliphatic hydroxyl groups excluding tert-OH is 1. The lowest BCUT2D eigenvalue weighted by Gasteiger charge is -2.32. The third-order valence-electron chi connectivity index (χ3n) is 5.08. The van der Waals surface area contributed by atoms with Gasteiger partial charge in [0.25, 0.3) is 5.91 Å². The number of amides is 1. The van der Waals surface area contributed by atoms with Crippen molar-refractivity contribution in [3.05, 3.63) is 30.3 Å². The second kappa shape index (κ2) is 7.14. The summed E-state index contributed by atoms with van der Waals surface area (Å²) in [5.41, 5.74) is 0. The molecule has 1 heterocycles. The van der Waals surface area contributed by atoms with Gasteiger partial charge in [-0.2, -0.15) is 0 Å². The van der Waals surface area contributed by atoms with Gasteiger partial charge in [0.1, 0.15) is 5.75 Å². The summed E-state index contributed by atoms with van der Waals surface area (Å²) in [7, 11) is 0. The van der Waals surface area contributed by atoms with Gasteiger partial charge in [0, 0.05) is 19.7 Å². The van der Waals surface area contributed by atoms with E-state index in [2.05, 4.69) is 0 Å². The number of rotatable bonds is 6. The van der Waals surface area contributed by atoms with E-state index in [1.54, 1.807) is 0 Å². The summed E-state index contributed by atoms with van der Waals surface area (Å²) in [6.45, 7) is 2.15. The van der Waals surface area contributed by atoms with Crippen LogP contribution in [0.25, 0.3) is 0 Å². The predicted molar refractivity (Wildman–Crippen MR) is 84.5 cm³/mol. The molecule has 3 rings (SSSR count). The number of ether oxygens (including phenoxy) is 1. The molecule has 4 heteroatoms. The molecule has 1 aromatic rings. The Balaban J connectivity index is 1.39. The van der Waals surface area contributed by atoms with Crippen LogP contribution in [0.15, 0.2) is 30.3 Å². The van der Waals surface area contributed by atoms with Crippen molar-refractivity contribution in [2.75, 3.05) is 26.3 Å². The maximum atomic E-state index is 12.2. The van der Waals surface area contributed by atoms with Crippen molar-refractivity contribution in [3.63, 3.8) is 0 Å². The fourth-order valence-electron chi connectivity index (χ4n) is 3.68. The molecule has 1 amide bonds. The van der Waals surface area contributed by atoms with Gasteiger partial charge in [0.15, 0.2) is 6.61 Å². The molecule has 1 saturated heterocycles. The van der Waals surface area contributed by atoms with E-state index in [0.29, 0.717) is 6.61 Å². The maximum Gasteiger partial charge on any atom is 0.260 e. The minimum atomic E-state index is 0.0880. The molecule has 0 radical (unpaired) electrons. The number of benzene rings is 1. The summed E-state index contributed by atoms with van der Waals surface area (Å²) in [5, 5.41) is 8.99. The van der Waals surface area contributed by atoms with Crippen LogP contribution in [0.1, 0.15) is 25.7 Å². The van der Waals surface area contributed by atoms with Crippen molar-refractivity contribution in [1.82, 2.24) is 4.90 Å². The largest absolute Gasteiger partial charge is 0.484 e. The van der Waals surface area contributed by atoms with Crippen molar-refractivity contribution in [1.29, 1.82) is 0 Å². The van der Waals surface area contributed by atoms with Gasteiger partial charge >= 0.3 is 0 Å². The molecule has 1 aliphatic heterocycles. The SMILES string of the molecule is O=C(COc1ccccc1)N1CCC([C@@H]2C[C@@H]2CCO)CC1. The number of hydrogen-bond acceptors (Lipinski definition) is 3. The highest BCUT2D eigenvalue weighted by Gasteiger charge is 2.43. The minimum absolute atomic E-state index is 0.0880. The van der Waals surface area contributed by atoms with Crippen LogP contribution in [0.3, 0.4) is 0 Å². The van der Waals surface area contributed by atoms with Crippen LogP contribution >= 0.6 is 0 Å². The van der Waals surface area contributed by atoms with Crippen LogP contribution in [-0.4, -0.2) is 42.2 Å². The second-order valence-corrected chi connectivity index (χ2v) is 6.49. The van der Waals surface area contributed by atoms with Gasteiger partial charge in [-0.15, -0.1) is 0 Å². The van der Waals surface area contributed by atoms with Gasteiger partial charge in [-0.25, -0.2) is 0 Å². The maximum absolute atomic E-state index is 12.2. The molecule has 1 aliphatic carbocycles. The lowest BCUT2D eigenvalue weighted by Crippen LogP contribution is -2.41. The van der Waals surface area contributed by atoms with Crippen LogP contribution in [0.2, 0.25) is 0 Å². The fourth-order valence-corrected chi connectivity index (χ4v) is 3.68. The number of aliphatic hydroxyl groups is 1. The zero-order valence-corrected chi connectivity index (χ0v) is 13.0. The molecule has 1 saturated carbocycles. The zero-order chi connectivity index (χ0) is 15.4. The summed E-state index contributed by atoms with van der Waals surface area (Å²) in [6.07, 6.45) is 4.43. The Hall–Kier alpha value is -1.55. The van der Waals surface area contributed by atoms with Crippen molar-refractivity contribution in [2.24, 2.45) is 17.8 Å². The van der Waals surface area contributed by atoms with Crippen molar-refractivity contribution < 1.29 is 14.6 Å². The van der Waals surface area contributed by atoms with Crippen molar-refractivity contribution in [2.45, 2.75) is 25.7 Å². The normalized spacial score (nSPS) is 25.0. The van der Waals surface area contributed by atoms with Gasteiger partial charge in [-0.1, -0.05) is 18.2 Å². The highest BCUT2D eigenvalue weighted by molar-refractivity contribution is 5.77. The number of para-hydroxylation sites is 1. The van der Waals surface area contributed by atoms with Crippen LogP contribution in [0.4, 0.5) is 0 Å². The van der Waals surface area contributed by atoms with Gasteiger partial charge in [-0.05, 0) is 55.6 Å². The van der Waals surface area contributed by atoms with Gasteiger partial charge in [0.05, 0.1) is 0 Å². The van der Waals surface area contributed by atoms with E-state index in [1.807, 2.05) is 35.2 Å². The van der Waals surface area contributed by atoms with Gasteiger partial charge in [0.2, 0.25) is 0 Å². The number of likely N-dealkylation sites (tertiary alicyclic amines) is 1. The van der Waals surface area contributed by atoms with Crippen LogP contribution in [0, 0.1) is 17.8 Å². The average molecular weight is 303 g/mol. The lowest BCUT2D eigenvalue weighted by molar-refractivity contribution is -0.134. The van der Waals surface area contributed by atoms with E-state index in [4.69, 9.17) is 9.84 Å². The van der Waals surface area contributed by atoms with Crippen molar-refractivity contribution in [3.8, 4) is 5.75 Å². The molecule has 120 valence electrons. The fraction of sp³-hybridized carbons (Fsp3) is 0.611. The second-order valence-electron chi connectivity index (χ2n) is 6.49. The van der Waals surface area contributed by atoms with Gasteiger partial charge in [-0.3, -0.25) is 4.79 Å². The van der Waals surface area contributed by atoms with E-state index >= 15 is 0 Å². The average Bonchev–Trinajstić information content (AvgIpc) is 3.33. The minimum Gasteiger partial charge on any atom is -0.484 e. The van der Waals surface area contributed by atoms with E-state index in [1.165, 1.54) is 6.42 Å². The number of carbonyl (C=O) groups is 1. The molecule has 0 aromatic heterocycles. The summed E-state index contributed by atoms with van der Waals surface area (Å²) < 4.78 is 5.54. The molecule has 2 fully saturated rings. The molecule has 2 aliphatic rings. The Morgan fingerprint density at radius 2 is 1.95 bits per heavy atom. The summed E-state index contributed by atoms with van der Waals surface area (Å²) >= 11 is 0. The number of nitrogens with zero attached hydrogens (tertiary/aromatic N) is 1. The number of carbonyl (C=O) groups excluding carboxylic acids is 1. The van der Waals surface area contributed by atoms with Crippen molar-refractivity contribution >= 4 is 5.91 Å². The number of hydrogen-bond donors (Lipinski definition) is 1. The Labute approximate surface area is 132 Å². The Morgan fingerprint density at radius 1 is 1.23 bits per heavy atom. The number of piperidine rings is 1. The van der Waals surface area contributed by atoms with E-state index < -0.39 is 0 Å². The highest BCUT2D eigenvalue weighted by atomic mass is 16.5. The molecule has 22 heavy (non-hydrogen) atoms. The van der Waals surface area contributed by atoms with E-state index in [9.17, 15) is 4.79 Å². The van der Waals surface area contributed by atoms with E-state index in [0.717, 1.165) is 55.9 Å². The molecule has 0 unspecified atom stereocenters.